The van der Waals surface area contributed by atoms with E-state index in [9.17, 15) is 4.79 Å². The fourth-order valence-electron chi connectivity index (χ4n) is 1.22. The maximum atomic E-state index is 10.9. The SMILES string of the molecule is O=C(O)c1cccc(Cl)c1-n1nccn1. The summed E-state index contributed by atoms with van der Waals surface area (Å²) in [6, 6.07) is 4.61. The molecule has 0 atom stereocenters. The van der Waals surface area contributed by atoms with Gasteiger partial charge in [0.15, 0.2) is 0 Å². The third-order valence-electron chi connectivity index (χ3n) is 1.84. The van der Waals surface area contributed by atoms with E-state index in [0.717, 1.165) is 0 Å². The van der Waals surface area contributed by atoms with Crippen LogP contribution in [0.5, 0.6) is 0 Å². The topological polar surface area (TPSA) is 68.0 Å². The summed E-state index contributed by atoms with van der Waals surface area (Å²) >= 11 is 5.90. The first kappa shape index (κ1) is 9.67. The smallest absolute Gasteiger partial charge is 0.338 e. The van der Waals surface area contributed by atoms with E-state index in [-0.39, 0.29) is 11.3 Å². The van der Waals surface area contributed by atoms with Crippen molar-refractivity contribution in [3.05, 3.63) is 41.2 Å². The zero-order valence-corrected chi connectivity index (χ0v) is 8.22. The first-order chi connectivity index (χ1) is 7.20. The lowest BCUT2D eigenvalue weighted by Crippen LogP contribution is -2.08. The zero-order chi connectivity index (χ0) is 10.8. The van der Waals surface area contributed by atoms with Crippen LogP contribution in [0, 0.1) is 0 Å². The van der Waals surface area contributed by atoms with Gasteiger partial charge < -0.3 is 5.11 Å². The fourth-order valence-corrected chi connectivity index (χ4v) is 1.47. The third kappa shape index (κ3) is 1.69. The van der Waals surface area contributed by atoms with Gasteiger partial charge in [-0.3, -0.25) is 0 Å². The number of carboxylic acids is 1. The van der Waals surface area contributed by atoms with Crippen molar-refractivity contribution >= 4 is 17.6 Å². The van der Waals surface area contributed by atoms with Crippen molar-refractivity contribution in [3.8, 4) is 5.69 Å². The summed E-state index contributed by atoms with van der Waals surface area (Å²) in [4.78, 5) is 12.1. The Morgan fingerprint density at radius 3 is 2.60 bits per heavy atom. The molecule has 0 unspecified atom stereocenters. The molecular formula is C9H6ClN3O2. The van der Waals surface area contributed by atoms with Crippen LogP contribution in [0.3, 0.4) is 0 Å². The Morgan fingerprint density at radius 1 is 1.33 bits per heavy atom. The second-order valence-electron chi connectivity index (χ2n) is 2.76. The van der Waals surface area contributed by atoms with E-state index in [1.807, 2.05) is 0 Å². The van der Waals surface area contributed by atoms with Gasteiger partial charge in [0.05, 0.1) is 23.0 Å². The molecule has 76 valence electrons. The summed E-state index contributed by atoms with van der Waals surface area (Å²) in [5.74, 6) is -1.06. The number of benzene rings is 1. The first-order valence-electron chi connectivity index (χ1n) is 4.08. The van der Waals surface area contributed by atoms with Crippen molar-refractivity contribution in [2.45, 2.75) is 0 Å². The van der Waals surface area contributed by atoms with Gasteiger partial charge in [-0.2, -0.15) is 10.2 Å². The number of carbonyl (C=O) groups is 1. The Labute approximate surface area is 89.9 Å². The van der Waals surface area contributed by atoms with E-state index < -0.39 is 5.97 Å². The highest BCUT2D eigenvalue weighted by Crippen LogP contribution is 2.22. The molecule has 0 aliphatic heterocycles. The van der Waals surface area contributed by atoms with Gasteiger partial charge in [0.2, 0.25) is 0 Å². The highest BCUT2D eigenvalue weighted by atomic mass is 35.5. The summed E-state index contributed by atoms with van der Waals surface area (Å²) in [5.41, 5.74) is 0.343. The maximum absolute atomic E-state index is 10.9. The minimum atomic E-state index is -1.06. The molecule has 0 radical (unpaired) electrons. The van der Waals surface area contributed by atoms with Gasteiger partial charge in [-0.05, 0) is 12.1 Å². The summed E-state index contributed by atoms with van der Waals surface area (Å²) in [6.07, 6.45) is 2.91. The first-order valence-corrected chi connectivity index (χ1v) is 4.46. The van der Waals surface area contributed by atoms with Gasteiger partial charge in [-0.1, -0.05) is 17.7 Å². The van der Waals surface area contributed by atoms with Crippen LogP contribution in [-0.4, -0.2) is 26.1 Å². The Bertz CT molecular complexity index is 496. The molecule has 0 spiro atoms. The molecule has 6 heteroatoms. The lowest BCUT2D eigenvalue weighted by Gasteiger charge is -2.06. The Hall–Kier alpha value is -1.88. The van der Waals surface area contributed by atoms with Crippen molar-refractivity contribution in [3.63, 3.8) is 0 Å². The number of hydrogen-bond donors (Lipinski definition) is 1. The number of carboxylic acid groups (broad SMARTS) is 1. The minimum Gasteiger partial charge on any atom is -0.478 e. The summed E-state index contributed by atoms with van der Waals surface area (Å²) in [7, 11) is 0. The van der Waals surface area contributed by atoms with Crippen LogP contribution in [0.15, 0.2) is 30.6 Å². The second-order valence-corrected chi connectivity index (χ2v) is 3.17. The molecule has 0 aliphatic rings. The van der Waals surface area contributed by atoms with Gasteiger partial charge in [-0.25, -0.2) is 4.79 Å². The molecular weight excluding hydrogens is 218 g/mol. The van der Waals surface area contributed by atoms with Crippen LogP contribution < -0.4 is 0 Å². The molecule has 0 bridgehead atoms. The van der Waals surface area contributed by atoms with E-state index in [2.05, 4.69) is 10.2 Å². The van der Waals surface area contributed by atoms with Crippen molar-refractivity contribution in [1.29, 1.82) is 0 Å². The average molecular weight is 224 g/mol. The highest BCUT2D eigenvalue weighted by molar-refractivity contribution is 6.33. The molecule has 0 amide bonds. The number of aromatic carboxylic acids is 1. The van der Waals surface area contributed by atoms with Crippen LogP contribution in [0.1, 0.15) is 10.4 Å². The van der Waals surface area contributed by atoms with E-state index in [0.29, 0.717) is 5.02 Å². The maximum Gasteiger partial charge on any atom is 0.338 e. The molecule has 15 heavy (non-hydrogen) atoms. The normalized spacial score (nSPS) is 10.2. The highest BCUT2D eigenvalue weighted by Gasteiger charge is 2.15. The number of hydrogen-bond acceptors (Lipinski definition) is 3. The van der Waals surface area contributed by atoms with Gasteiger partial charge in [0.25, 0.3) is 0 Å². The van der Waals surface area contributed by atoms with Crippen LogP contribution >= 0.6 is 11.6 Å². The molecule has 0 saturated heterocycles. The number of nitrogens with zero attached hydrogens (tertiary/aromatic N) is 3. The molecule has 2 rings (SSSR count). The molecule has 0 aliphatic carbocycles. The summed E-state index contributed by atoms with van der Waals surface area (Å²) in [5, 5.41) is 17.0. The Kier molecular flexibility index (Phi) is 2.39. The monoisotopic (exact) mass is 223 g/mol. The molecule has 1 aromatic carbocycles. The van der Waals surface area contributed by atoms with E-state index in [1.165, 1.54) is 23.3 Å². The molecule has 5 nitrogen and oxygen atoms in total. The van der Waals surface area contributed by atoms with Gasteiger partial charge in [0.1, 0.15) is 5.69 Å². The quantitative estimate of drug-likeness (QED) is 0.840. The molecule has 1 heterocycles. The molecule has 1 N–H and O–H groups in total. The van der Waals surface area contributed by atoms with E-state index in [4.69, 9.17) is 16.7 Å². The second kappa shape index (κ2) is 3.70. The van der Waals surface area contributed by atoms with Crippen LogP contribution in [0.4, 0.5) is 0 Å². The molecule has 1 aromatic heterocycles. The fraction of sp³-hybridized carbons (Fsp3) is 0. The number of rotatable bonds is 2. The van der Waals surface area contributed by atoms with Crippen molar-refractivity contribution in [2.75, 3.05) is 0 Å². The number of aromatic nitrogens is 3. The molecule has 0 saturated carbocycles. The standard InChI is InChI=1S/C9H6ClN3O2/c10-7-3-1-2-6(9(14)15)8(7)13-11-4-5-12-13/h1-5H,(H,14,15). The van der Waals surface area contributed by atoms with E-state index >= 15 is 0 Å². The predicted octanol–water partition coefficient (Wildman–Crippen LogP) is 1.62. The zero-order valence-electron chi connectivity index (χ0n) is 7.46. The lowest BCUT2D eigenvalue weighted by atomic mass is 10.2. The third-order valence-corrected chi connectivity index (χ3v) is 2.14. The minimum absolute atomic E-state index is 0.0682. The van der Waals surface area contributed by atoms with Crippen LogP contribution in [0.2, 0.25) is 5.02 Å². The summed E-state index contributed by atoms with van der Waals surface area (Å²) < 4.78 is 0. The molecule has 2 aromatic rings. The van der Waals surface area contributed by atoms with Crippen molar-refractivity contribution < 1.29 is 9.90 Å². The average Bonchev–Trinajstić information content (AvgIpc) is 2.70. The van der Waals surface area contributed by atoms with Crippen LogP contribution in [0.25, 0.3) is 5.69 Å². The van der Waals surface area contributed by atoms with Crippen molar-refractivity contribution in [1.82, 2.24) is 15.0 Å². The number of para-hydroxylation sites is 1. The summed E-state index contributed by atoms with van der Waals surface area (Å²) in [6.45, 7) is 0. The Morgan fingerprint density at radius 2 is 2.00 bits per heavy atom. The van der Waals surface area contributed by atoms with Crippen LogP contribution in [-0.2, 0) is 0 Å². The van der Waals surface area contributed by atoms with Gasteiger partial charge in [-0.15, -0.1) is 4.80 Å². The van der Waals surface area contributed by atoms with Gasteiger partial charge >= 0.3 is 5.97 Å². The lowest BCUT2D eigenvalue weighted by molar-refractivity contribution is 0.0696. The Balaban J connectivity index is 2.68. The van der Waals surface area contributed by atoms with E-state index in [1.54, 1.807) is 12.1 Å². The van der Waals surface area contributed by atoms with Crippen molar-refractivity contribution in [2.24, 2.45) is 0 Å². The largest absolute Gasteiger partial charge is 0.478 e. The molecule has 0 fully saturated rings. The van der Waals surface area contributed by atoms with Gasteiger partial charge in [0, 0.05) is 0 Å². The number of halogens is 1. The predicted molar refractivity (Wildman–Crippen MR) is 53.3 cm³/mol.